The Hall–Kier alpha value is -1.92. The minimum atomic E-state index is -0.248. The number of aromatic amines is 1. The number of hydrogen-bond donors (Lipinski definition) is 2. The number of carbonyl (C=O) groups excluding carboxylic acids is 1. The van der Waals surface area contributed by atoms with Gasteiger partial charge in [-0.2, -0.15) is 5.10 Å². The first-order valence-electron chi connectivity index (χ1n) is 7.84. The molecule has 2 rings (SSSR count). The van der Waals surface area contributed by atoms with E-state index in [-0.39, 0.29) is 30.7 Å². The van der Waals surface area contributed by atoms with Crippen LogP contribution in [-0.4, -0.2) is 41.1 Å². The number of hydrogen-bond acceptors (Lipinski definition) is 3. The van der Waals surface area contributed by atoms with E-state index in [2.05, 4.69) is 10.2 Å². The Labute approximate surface area is 147 Å². The summed E-state index contributed by atoms with van der Waals surface area (Å²) < 4.78 is 12.9. The van der Waals surface area contributed by atoms with E-state index in [1.807, 2.05) is 6.07 Å². The average Bonchev–Trinajstić information content (AvgIpc) is 3.03. The zero-order valence-electron chi connectivity index (χ0n) is 13.8. The quantitative estimate of drug-likeness (QED) is 0.716. The number of likely N-dealkylation sites (N-methyl/N-ethyl adjacent to an activating group) is 1. The maximum Gasteiger partial charge on any atom is 0.236 e. The van der Waals surface area contributed by atoms with Gasteiger partial charge in [0.25, 0.3) is 0 Å². The standard InChI is InChI=1S/C17H23FN4O.ClH/c1-22(17(23)12-19)10-4-2-3-5-15-11-16(21-20-15)13-6-8-14(18)9-7-13;/h6-9,11H,2-5,10,12,19H2,1H3,(H,20,21);1H. The first-order valence-corrected chi connectivity index (χ1v) is 7.84. The molecule has 1 heterocycles. The molecule has 0 aliphatic rings. The fourth-order valence-electron chi connectivity index (χ4n) is 2.38. The number of amides is 1. The monoisotopic (exact) mass is 354 g/mol. The average molecular weight is 355 g/mol. The van der Waals surface area contributed by atoms with Gasteiger partial charge in [0.15, 0.2) is 0 Å². The second kappa shape index (κ2) is 10.1. The maximum atomic E-state index is 12.9. The molecular weight excluding hydrogens is 331 g/mol. The molecule has 0 saturated carbocycles. The molecule has 0 saturated heterocycles. The van der Waals surface area contributed by atoms with Crippen LogP contribution >= 0.6 is 12.4 Å². The molecule has 5 nitrogen and oxygen atoms in total. The number of aromatic nitrogens is 2. The summed E-state index contributed by atoms with van der Waals surface area (Å²) >= 11 is 0. The lowest BCUT2D eigenvalue weighted by atomic mass is 10.1. The smallest absolute Gasteiger partial charge is 0.236 e. The third-order valence-electron chi connectivity index (χ3n) is 3.81. The van der Waals surface area contributed by atoms with E-state index in [0.717, 1.165) is 49.2 Å². The van der Waals surface area contributed by atoms with Gasteiger partial charge in [0, 0.05) is 24.8 Å². The highest BCUT2D eigenvalue weighted by atomic mass is 35.5. The summed E-state index contributed by atoms with van der Waals surface area (Å²) in [6.45, 7) is 0.802. The molecule has 3 N–H and O–H groups in total. The number of halogens is 2. The summed E-state index contributed by atoms with van der Waals surface area (Å²) in [5.74, 6) is -0.273. The van der Waals surface area contributed by atoms with Gasteiger partial charge in [-0.15, -0.1) is 12.4 Å². The van der Waals surface area contributed by atoms with Crippen LogP contribution in [-0.2, 0) is 11.2 Å². The fraction of sp³-hybridized carbons (Fsp3) is 0.412. The van der Waals surface area contributed by atoms with Crippen LogP contribution in [0.15, 0.2) is 30.3 Å². The predicted molar refractivity (Wildman–Crippen MR) is 95.5 cm³/mol. The molecule has 1 amide bonds. The van der Waals surface area contributed by atoms with Crippen molar-refractivity contribution in [3.05, 3.63) is 41.8 Å². The van der Waals surface area contributed by atoms with Gasteiger partial charge >= 0.3 is 0 Å². The summed E-state index contributed by atoms with van der Waals surface area (Å²) in [5.41, 5.74) is 8.11. The molecule has 0 unspecified atom stereocenters. The van der Waals surface area contributed by atoms with Crippen molar-refractivity contribution in [3.8, 4) is 11.3 Å². The Kier molecular flexibility index (Phi) is 8.43. The fourth-order valence-corrected chi connectivity index (χ4v) is 2.38. The Balaban J connectivity index is 0.00000288. The number of benzene rings is 1. The largest absolute Gasteiger partial charge is 0.345 e. The molecule has 1 aromatic heterocycles. The van der Waals surface area contributed by atoms with Crippen molar-refractivity contribution in [1.82, 2.24) is 15.1 Å². The summed E-state index contributed by atoms with van der Waals surface area (Å²) in [6, 6.07) is 8.31. The van der Waals surface area contributed by atoms with Crippen LogP contribution in [0.1, 0.15) is 25.0 Å². The van der Waals surface area contributed by atoms with Crippen LogP contribution in [0, 0.1) is 5.82 Å². The van der Waals surface area contributed by atoms with Crippen LogP contribution < -0.4 is 5.73 Å². The SMILES string of the molecule is CN(CCCCCc1cc(-c2ccc(F)cc2)n[nH]1)C(=O)CN.Cl. The lowest BCUT2D eigenvalue weighted by Crippen LogP contribution is -2.33. The Morgan fingerprint density at radius 2 is 1.96 bits per heavy atom. The van der Waals surface area contributed by atoms with E-state index in [1.165, 1.54) is 12.1 Å². The highest BCUT2D eigenvalue weighted by Crippen LogP contribution is 2.18. The molecule has 0 fully saturated rings. The minimum absolute atomic E-state index is 0. The van der Waals surface area contributed by atoms with Crippen LogP contribution in [0.4, 0.5) is 4.39 Å². The number of H-pyrrole nitrogens is 1. The second-order valence-corrected chi connectivity index (χ2v) is 5.62. The van der Waals surface area contributed by atoms with Crippen LogP contribution in [0.3, 0.4) is 0 Å². The summed E-state index contributed by atoms with van der Waals surface area (Å²) in [7, 11) is 1.78. The number of nitrogens with two attached hydrogens (primary N) is 1. The molecule has 1 aromatic carbocycles. The van der Waals surface area contributed by atoms with E-state index in [4.69, 9.17) is 5.73 Å². The number of nitrogens with one attached hydrogen (secondary N) is 1. The van der Waals surface area contributed by atoms with Gasteiger partial charge in [-0.3, -0.25) is 9.89 Å². The Morgan fingerprint density at radius 1 is 1.25 bits per heavy atom. The van der Waals surface area contributed by atoms with Gasteiger partial charge in [-0.05, 0) is 49.6 Å². The topological polar surface area (TPSA) is 75.0 Å². The maximum absolute atomic E-state index is 12.9. The van der Waals surface area contributed by atoms with Crippen molar-refractivity contribution in [3.63, 3.8) is 0 Å². The molecule has 7 heteroatoms. The van der Waals surface area contributed by atoms with E-state index in [9.17, 15) is 9.18 Å². The normalized spacial score (nSPS) is 10.3. The predicted octanol–water partition coefficient (Wildman–Crippen LogP) is 2.77. The highest BCUT2D eigenvalue weighted by Gasteiger charge is 2.06. The molecule has 132 valence electrons. The van der Waals surface area contributed by atoms with Gasteiger partial charge in [0.1, 0.15) is 5.82 Å². The second-order valence-electron chi connectivity index (χ2n) is 5.62. The lowest BCUT2D eigenvalue weighted by molar-refractivity contribution is -0.128. The molecular formula is C17H24ClFN4O. The van der Waals surface area contributed by atoms with Crippen LogP contribution in [0.2, 0.25) is 0 Å². The first-order chi connectivity index (χ1) is 11.1. The Bertz CT molecular complexity index is 630. The summed E-state index contributed by atoms with van der Waals surface area (Å²) in [4.78, 5) is 13.0. The molecule has 0 aliphatic heterocycles. The number of aryl methyl sites for hydroxylation is 1. The molecule has 0 atom stereocenters. The molecule has 2 aromatic rings. The van der Waals surface area contributed by atoms with Crippen LogP contribution in [0.25, 0.3) is 11.3 Å². The summed E-state index contributed by atoms with van der Waals surface area (Å²) in [6.07, 6.45) is 3.92. The first kappa shape index (κ1) is 20.1. The summed E-state index contributed by atoms with van der Waals surface area (Å²) in [5, 5.41) is 7.28. The van der Waals surface area contributed by atoms with Crippen molar-refractivity contribution in [2.24, 2.45) is 5.73 Å². The zero-order chi connectivity index (χ0) is 16.7. The third kappa shape index (κ3) is 5.94. The van der Waals surface area contributed by atoms with Crippen LogP contribution in [0.5, 0.6) is 0 Å². The molecule has 0 aliphatic carbocycles. The van der Waals surface area contributed by atoms with E-state index in [0.29, 0.717) is 0 Å². The molecule has 0 bridgehead atoms. The van der Waals surface area contributed by atoms with E-state index in [1.54, 1.807) is 24.1 Å². The third-order valence-corrected chi connectivity index (χ3v) is 3.81. The lowest BCUT2D eigenvalue weighted by Gasteiger charge is -2.15. The zero-order valence-corrected chi connectivity index (χ0v) is 14.6. The molecule has 24 heavy (non-hydrogen) atoms. The van der Waals surface area contributed by atoms with Gasteiger partial charge in [-0.25, -0.2) is 4.39 Å². The van der Waals surface area contributed by atoms with Crippen molar-refractivity contribution in [2.75, 3.05) is 20.1 Å². The number of carbonyl (C=O) groups is 1. The van der Waals surface area contributed by atoms with Crippen molar-refractivity contribution < 1.29 is 9.18 Å². The molecule has 0 spiro atoms. The van der Waals surface area contributed by atoms with Gasteiger partial charge in [-0.1, -0.05) is 6.42 Å². The van der Waals surface area contributed by atoms with Gasteiger partial charge in [0.05, 0.1) is 12.2 Å². The van der Waals surface area contributed by atoms with Crippen molar-refractivity contribution in [1.29, 1.82) is 0 Å². The minimum Gasteiger partial charge on any atom is -0.345 e. The number of nitrogens with zero attached hydrogens (tertiary/aromatic N) is 2. The number of unbranched alkanes of at least 4 members (excludes halogenated alkanes) is 2. The van der Waals surface area contributed by atoms with E-state index >= 15 is 0 Å². The highest BCUT2D eigenvalue weighted by molar-refractivity contribution is 5.85. The Morgan fingerprint density at radius 3 is 2.62 bits per heavy atom. The van der Waals surface area contributed by atoms with Crippen molar-refractivity contribution >= 4 is 18.3 Å². The van der Waals surface area contributed by atoms with Gasteiger partial charge < -0.3 is 10.6 Å². The number of rotatable bonds is 8. The van der Waals surface area contributed by atoms with Crippen molar-refractivity contribution in [2.45, 2.75) is 25.7 Å². The molecule has 0 radical (unpaired) electrons. The van der Waals surface area contributed by atoms with E-state index < -0.39 is 0 Å². The van der Waals surface area contributed by atoms with Gasteiger partial charge in [0.2, 0.25) is 5.91 Å².